The van der Waals surface area contributed by atoms with Crippen molar-refractivity contribution in [1.29, 1.82) is 0 Å². The molecule has 1 aromatic rings. The van der Waals surface area contributed by atoms with Gasteiger partial charge >= 0.3 is 0 Å². The number of rotatable bonds is 3. The summed E-state index contributed by atoms with van der Waals surface area (Å²) in [5, 5.41) is 3.34. The van der Waals surface area contributed by atoms with Gasteiger partial charge in [-0.3, -0.25) is 0 Å². The lowest BCUT2D eigenvalue weighted by molar-refractivity contribution is 0.348. The van der Waals surface area contributed by atoms with Crippen LogP contribution in [0.25, 0.3) is 0 Å². The van der Waals surface area contributed by atoms with E-state index in [0.29, 0.717) is 4.47 Å². The average molecular weight is 386 g/mol. The van der Waals surface area contributed by atoms with Crippen molar-refractivity contribution in [2.24, 2.45) is 0 Å². The van der Waals surface area contributed by atoms with E-state index in [2.05, 4.69) is 26.0 Å². The maximum Gasteiger partial charge on any atom is 0.243 e. The van der Waals surface area contributed by atoms with Crippen LogP contribution in [0, 0.1) is 5.82 Å². The van der Waals surface area contributed by atoms with Gasteiger partial charge in [0.05, 0.1) is 5.02 Å². The largest absolute Gasteiger partial charge is 0.313 e. The summed E-state index contributed by atoms with van der Waals surface area (Å²) in [5.74, 6) is -0.829. The maximum atomic E-state index is 13.9. The van der Waals surface area contributed by atoms with E-state index >= 15 is 0 Å². The molecule has 2 unspecified atom stereocenters. The summed E-state index contributed by atoms with van der Waals surface area (Å²) in [7, 11) is -3.93. The Bertz CT molecular complexity index is 612. The van der Waals surface area contributed by atoms with Crippen molar-refractivity contribution in [3.05, 3.63) is 27.4 Å². The Kier molecular flexibility index (Phi) is 5.07. The lowest BCUT2D eigenvalue weighted by atomic mass is 10.0. The Labute approximate surface area is 131 Å². The molecule has 2 N–H and O–H groups in total. The van der Waals surface area contributed by atoms with Gasteiger partial charge in [-0.1, -0.05) is 11.6 Å². The molecule has 0 spiro atoms. The molecule has 0 bridgehead atoms. The molecule has 0 radical (unpaired) electrons. The van der Waals surface area contributed by atoms with Gasteiger partial charge in [0, 0.05) is 16.6 Å². The fraction of sp³-hybridized carbons (Fsp3) is 0.500. The molecule has 0 aromatic heterocycles. The van der Waals surface area contributed by atoms with Crippen molar-refractivity contribution < 1.29 is 12.8 Å². The van der Waals surface area contributed by atoms with Crippen molar-refractivity contribution in [1.82, 2.24) is 10.0 Å². The molecule has 1 aliphatic heterocycles. The highest BCUT2D eigenvalue weighted by molar-refractivity contribution is 9.10. The van der Waals surface area contributed by atoms with Gasteiger partial charge in [0.25, 0.3) is 0 Å². The first-order valence-electron chi connectivity index (χ1n) is 6.21. The van der Waals surface area contributed by atoms with Gasteiger partial charge in [-0.15, -0.1) is 0 Å². The number of halogens is 3. The predicted molar refractivity (Wildman–Crippen MR) is 79.9 cm³/mol. The lowest BCUT2D eigenvalue weighted by Gasteiger charge is -2.30. The van der Waals surface area contributed by atoms with E-state index in [1.165, 1.54) is 0 Å². The van der Waals surface area contributed by atoms with Crippen LogP contribution < -0.4 is 10.0 Å². The molecular formula is C12H15BrClFN2O2S. The summed E-state index contributed by atoms with van der Waals surface area (Å²) in [6.07, 6.45) is 1.60. The second kappa shape index (κ2) is 6.27. The Hall–Kier alpha value is -0.210. The van der Waals surface area contributed by atoms with Crippen LogP contribution in [0.3, 0.4) is 0 Å². The van der Waals surface area contributed by atoms with Crippen LogP contribution in [0.2, 0.25) is 5.02 Å². The molecule has 0 amide bonds. The summed E-state index contributed by atoms with van der Waals surface area (Å²) < 4.78 is 41.3. The van der Waals surface area contributed by atoms with Crippen molar-refractivity contribution in [2.45, 2.75) is 36.7 Å². The zero-order valence-electron chi connectivity index (χ0n) is 10.8. The van der Waals surface area contributed by atoms with E-state index in [1.807, 2.05) is 6.92 Å². The summed E-state index contributed by atoms with van der Waals surface area (Å²) in [4.78, 5) is -0.427. The molecule has 0 aliphatic carbocycles. The van der Waals surface area contributed by atoms with Crippen molar-refractivity contribution in [3.8, 4) is 0 Å². The molecule has 0 saturated carbocycles. The van der Waals surface area contributed by atoms with Crippen LogP contribution in [0.15, 0.2) is 21.5 Å². The van der Waals surface area contributed by atoms with Gasteiger partial charge in [-0.2, -0.15) is 0 Å². The van der Waals surface area contributed by atoms with Gasteiger partial charge in [0.2, 0.25) is 10.0 Å². The molecule has 4 nitrogen and oxygen atoms in total. The Morgan fingerprint density at radius 2 is 2.20 bits per heavy atom. The number of piperidine rings is 1. The molecule has 1 aliphatic rings. The molecule has 20 heavy (non-hydrogen) atoms. The van der Waals surface area contributed by atoms with E-state index in [0.717, 1.165) is 31.5 Å². The van der Waals surface area contributed by atoms with E-state index < -0.39 is 20.7 Å². The number of benzene rings is 1. The van der Waals surface area contributed by atoms with Crippen LogP contribution >= 0.6 is 27.5 Å². The van der Waals surface area contributed by atoms with Crippen LogP contribution in [-0.4, -0.2) is 27.0 Å². The second-order valence-corrected chi connectivity index (χ2v) is 7.75. The molecule has 1 saturated heterocycles. The van der Waals surface area contributed by atoms with Gasteiger partial charge < -0.3 is 5.32 Å². The van der Waals surface area contributed by atoms with E-state index in [1.54, 1.807) is 0 Å². The topological polar surface area (TPSA) is 58.2 Å². The molecular weight excluding hydrogens is 371 g/mol. The number of sulfonamides is 1. The van der Waals surface area contributed by atoms with Crippen molar-refractivity contribution >= 4 is 37.6 Å². The van der Waals surface area contributed by atoms with Crippen LogP contribution in [0.4, 0.5) is 4.39 Å². The highest BCUT2D eigenvalue weighted by Crippen LogP contribution is 2.28. The number of nitrogens with one attached hydrogen (secondary N) is 2. The van der Waals surface area contributed by atoms with Gasteiger partial charge in [0.1, 0.15) is 10.7 Å². The summed E-state index contributed by atoms with van der Waals surface area (Å²) in [6, 6.07) is 1.92. The molecule has 8 heteroatoms. The fourth-order valence-electron chi connectivity index (χ4n) is 2.18. The molecule has 1 heterocycles. The van der Waals surface area contributed by atoms with Gasteiger partial charge in [0.15, 0.2) is 0 Å². The molecule has 1 aromatic carbocycles. The van der Waals surface area contributed by atoms with E-state index in [4.69, 9.17) is 11.6 Å². The standard InChI is InChI=1S/C12H15BrClFN2O2S/c1-7-11(3-2-4-16-7)17-20(18,19)12-6-9(14)8(13)5-10(12)15/h5-7,11,16-17H,2-4H2,1H3. The zero-order chi connectivity index (χ0) is 14.9. The normalized spacial score (nSPS) is 23.8. The first-order chi connectivity index (χ1) is 9.31. The predicted octanol–water partition coefficient (Wildman–Crippen LogP) is 2.66. The fourth-order valence-corrected chi connectivity index (χ4v) is 4.16. The van der Waals surface area contributed by atoms with Crippen LogP contribution in [0.1, 0.15) is 19.8 Å². The Morgan fingerprint density at radius 3 is 2.85 bits per heavy atom. The summed E-state index contributed by atoms with van der Waals surface area (Å²) >= 11 is 8.90. The van der Waals surface area contributed by atoms with Gasteiger partial charge in [-0.25, -0.2) is 17.5 Å². The summed E-state index contributed by atoms with van der Waals surface area (Å²) in [5.41, 5.74) is 0. The molecule has 2 atom stereocenters. The SMILES string of the molecule is CC1NCCCC1NS(=O)(=O)c1cc(Cl)c(Br)cc1F. The minimum atomic E-state index is -3.93. The second-order valence-electron chi connectivity index (χ2n) is 4.81. The average Bonchev–Trinajstić information content (AvgIpc) is 2.36. The van der Waals surface area contributed by atoms with E-state index in [-0.39, 0.29) is 17.1 Å². The van der Waals surface area contributed by atoms with Gasteiger partial charge in [-0.05, 0) is 54.4 Å². The quantitative estimate of drug-likeness (QED) is 0.787. The van der Waals surface area contributed by atoms with Crippen molar-refractivity contribution in [3.63, 3.8) is 0 Å². The third-order valence-electron chi connectivity index (χ3n) is 3.33. The monoisotopic (exact) mass is 384 g/mol. The van der Waals surface area contributed by atoms with Crippen molar-refractivity contribution in [2.75, 3.05) is 6.54 Å². The molecule has 1 fully saturated rings. The number of hydrogen-bond donors (Lipinski definition) is 2. The highest BCUT2D eigenvalue weighted by Gasteiger charge is 2.28. The first kappa shape index (κ1) is 16.2. The highest BCUT2D eigenvalue weighted by atomic mass is 79.9. The third-order valence-corrected chi connectivity index (χ3v) is 6.03. The number of hydrogen-bond acceptors (Lipinski definition) is 3. The van der Waals surface area contributed by atoms with E-state index in [9.17, 15) is 12.8 Å². The first-order valence-corrected chi connectivity index (χ1v) is 8.87. The smallest absolute Gasteiger partial charge is 0.243 e. The lowest BCUT2D eigenvalue weighted by Crippen LogP contribution is -2.51. The maximum absolute atomic E-state index is 13.9. The third kappa shape index (κ3) is 3.51. The minimum absolute atomic E-state index is 0.00695. The zero-order valence-corrected chi connectivity index (χ0v) is 13.9. The Morgan fingerprint density at radius 1 is 1.50 bits per heavy atom. The van der Waals surface area contributed by atoms with Crippen LogP contribution in [-0.2, 0) is 10.0 Å². The Balaban J connectivity index is 2.28. The molecule has 112 valence electrons. The minimum Gasteiger partial charge on any atom is -0.313 e. The molecule has 2 rings (SSSR count). The summed E-state index contributed by atoms with van der Waals surface area (Å²) in [6.45, 7) is 2.76. The van der Waals surface area contributed by atoms with Crippen LogP contribution in [0.5, 0.6) is 0 Å².